The Balaban J connectivity index is 0.000000526. The predicted molar refractivity (Wildman–Crippen MR) is 206 cm³/mol. The van der Waals surface area contributed by atoms with Gasteiger partial charge in [-0.3, -0.25) is 9.59 Å². The normalized spacial score (nSPS) is 19.9. The van der Waals surface area contributed by atoms with Crippen molar-refractivity contribution in [3.8, 4) is 17.2 Å². The zero-order valence-corrected chi connectivity index (χ0v) is 32.3. The van der Waals surface area contributed by atoms with Crippen LogP contribution < -0.4 is 19.9 Å². The largest absolute Gasteiger partial charge is 0.493 e. The molecule has 3 aliphatic rings. The number of carbonyl (C=O) groups is 3. The number of carbonyl (C=O) groups excluding carboxylic acids is 2. The quantitative estimate of drug-likeness (QED) is 0.229. The van der Waals surface area contributed by atoms with E-state index in [9.17, 15) is 19.5 Å². The third-order valence-electron chi connectivity index (χ3n) is 11.1. The Morgan fingerprint density at radius 3 is 1.92 bits per heavy atom. The van der Waals surface area contributed by atoms with Crippen LogP contribution in [0.1, 0.15) is 66.4 Å². The van der Waals surface area contributed by atoms with Gasteiger partial charge in [-0.15, -0.1) is 0 Å². The standard InChI is InChI=1S/C34H38Cl2N2O6.C6H12N2O/c1-42-28-19-23(20-29(43-2)30(28)44-3)31(39)38-18-12-33(22-38,25-9-10-26(35)27(36)21-25)11-15-37-16-13-34(14-17-37,32(40)41)24-7-5-4-6-8-24;7-6(9)8-4-2-1-3-5-8/h4-10,19-21H,11-18,22H2,1-3H3,(H,40,41);1-5H2,(H2,7,9). The number of primary amides is 1. The van der Waals surface area contributed by atoms with Crippen LogP contribution in [0.25, 0.3) is 0 Å². The van der Waals surface area contributed by atoms with E-state index in [-0.39, 0.29) is 17.4 Å². The minimum atomic E-state index is -0.879. The van der Waals surface area contributed by atoms with Gasteiger partial charge in [0.15, 0.2) is 11.5 Å². The molecule has 286 valence electrons. The van der Waals surface area contributed by atoms with Gasteiger partial charge < -0.3 is 39.8 Å². The summed E-state index contributed by atoms with van der Waals surface area (Å²) in [7, 11) is 4.58. The SMILES string of the molecule is COc1cc(C(=O)N2CCC(CCN3CCC(C(=O)O)(c4ccccc4)CC3)(c3ccc(Cl)c(Cl)c3)C2)cc(OC)c1OC.NC(=O)N1CCCCC1. The highest BCUT2D eigenvalue weighted by Gasteiger charge is 2.45. The molecular weight excluding hydrogens is 719 g/mol. The van der Waals surface area contributed by atoms with E-state index >= 15 is 0 Å². The number of aliphatic carboxylic acids is 1. The number of hydrogen-bond donors (Lipinski definition) is 2. The molecule has 3 fully saturated rings. The van der Waals surface area contributed by atoms with Gasteiger partial charge in [-0.25, -0.2) is 4.79 Å². The van der Waals surface area contributed by atoms with Crippen molar-refractivity contribution >= 4 is 41.1 Å². The summed E-state index contributed by atoms with van der Waals surface area (Å²) in [5, 5.41) is 11.2. The molecule has 0 aromatic heterocycles. The summed E-state index contributed by atoms with van der Waals surface area (Å²) < 4.78 is 16.4. The molecule has 1 atom stereocenters. The van der Waals surface area contributed by atoms with Crippen molar-refractivity contribution in [1.82, 2.24) is 14.7 Å². The van der Waals surface area contributed by atoms with Crippen LogP contribution >= 0.6 is 23.2 Å². The number of urea groups is 1. The summed E-state index contributed by atoms with van der Waals surface area (Å²) >= 11 is 12.8. The number of nitrogens with two attached hydrogens (primary N) is 1. The van der Waals surface area contributed by atoms with Gasteiger partial charge in [-0.2, -0.15) is 0 Å². The summed E-state index contributed by atoms with van der Waals surface area (Å²) in [6, 6.07) is 18.4. The molecule has 3 saturated heterocycles. The van der Waals surface area contributed by atoms with Crippen molar-refractivity contribution in [2.45, 2.75) is 55.8 Å². The number of hydrogen-bond acceptors (Lipinski definition) is 7. The molecule has 3 aromatic rings. The van der Waals surface area contributed by atoms with Crippen LogP contribution in [-0.2, 0) is 15.6 Å². The van der Waals surface area contributed by atoms with Gasteiger partial charge in [0, 0.05) is 37.2 Å². The van der Waals surface area contributed by atoms with E-state index in [4.69, 9.17) is 43.1 Å². The van der Waals surface area contributed by atoms with E-state index in [2.05, 4.69) is 4.90 Å². The number of likely N-dealkylation sites (tertiary alicyclic amines) is 3. The molecule has 0 aliphatic carbocycles. The van der Waals surface area contributed by atoms with E-state index in [1.165, 1.54) is 27.8 Å². The lowest BCUT2D eigenvalue weighted by Gasteiger charge is -2.40. The first-order valence-electron chi connectivity index (χ1n) is 18.1. The number of nitrogens with zero attached hydrogens (tertiary/aromatic N) is 3. The Morgan fingerprint density at radius 1 is 0.755 bits per heavy atom. The minimum Gasteiger partial charge on any atom is -0.493 e. The van der Waals surface area contributed by atoms with E-state index in [0.717, 1.165) is 56.4 Å². The van der Waals surface area contributed by atoms with Gasteiger partial charge in [0.2, 0.25) is 5.75 Å². The second kappa shape index (κ2) is 17.8. The molecule has 0 radical (unpaired) electrons. The summed E-state index contributed by atoms with van der Waals surface area (Å²) in [6.45, 7) is 4.88. The molecule has 13 heteroatoms. The fraction of sp³-hybridized carbons (Fsp3) is 0.475. The lowest BCUT2D eigenvalue weighted by molar-refractivity contribution is -0.146. The van der Waals surface area contributed by atoms with E-state index in [1.807, 2.05) is 53.4 Å². The summed E-state index contributed by atoms with van der Waals surface area (Å²) in [6.07, 6.45) is 6.07. The molecule has 0 bridgehead atoms. The molecular formula is C40H50Cl2N4O7. The molecule has 3 aliphatic heterocycles. The maximum absolute atomic E-state index is 13.9. The highest BCUT2D eigenvalue weighted by molar-refractivity contribution is 6.42. The maximum Gasteiger partial charge on any atom is 0.314 e. The van der Waals surface area contributed by atoms with E-state index in [0.29, 0.717) is 71.9 Å². The molecule has 3 amide bonds. The monoisotopic (exact) mass is 768 g/mol. The van der Waals surface area contributed by atoms with Crippen LogP contribution in [0.3, 0.4) is 0 Å². The first kappa shape index (κ1) is 40.0. The van der Waals surface area contributed by atoms with E-state index < -0.39 is 11.4 Å². The maximum atomic E-state index is 13.9. The lowest BCUT2D eigenvalue weighted by Crippen LogP contribution is -2.48. The van der Waals surface area contributed by atoms with Gasteiger partial charge in [0.1, 0.15) is 0 Å². The molecule has 6 rings (SSSR count). The fourth-order valence-corrected chi connectivity index (χ4v) is 8.17. The zero-order valence-electron chi connectivity index (χ0n) is 30.7. The molecule has 53 heavy (non-hydrogen) atoms. The topological polar surface area (TPSA) is 135 Å². The Bertz CT molecular complexity index is 1720. The van der Waals surface area contributed by atoms with Crippen LogP contribution in [-0.4, -0.2) is 105 Å². The van der Waals surface area contributed by atoms with Crippen molar-refractivity contribution in [1.29, 1.82) is 0 Å². The third-order valence-corrected chi connectivity index (χ3v) is 11.8. The number of ether oxygens (including phenoxy) is 3. The predicted octanol–water partition coefficient (Wildman–Crippen LogP) is 6.86. The Hall–Kier alpha value is -4.19. The Labute approximate surface area is 321 Å². The van der Waals surface area contributed by atoms with Gasteiger partial charge in [-0.1, -0.05) is 59.6 Å². The van der Waals surface area contributed by atoms with Crippen molar-refractivity contribution in [2.75, 3.05) is 67.1 Å². The number of methoxy groups -OCH3 is 3. The van der Waals surface area contributed by atoms with Crippen LogP contribution in [0.4, 0.5) is 4.79 Å². The first-order valence-corrected chi connectivity index (χ1v) is 18.8. The van der Waals surface area contributed by atoms with Gasteiger partial charge >= 0.3 is 12.0 Å². The molecule has 3 aromatic carbocycles. The third kappa shape index (κ3) is 8.96. The van der Waals surface area contributed by atoms with Gasteiger partial charge in [0.05, 0.1) is 36.8 Å². The van der Waals surface area contributed by atoms with E-state index in [1.54, 1.807) is 17.0 Å². The number of benzene rings is 3. The smallest absolute Gasteiger partial charge is 0.314 e. The fourth-order valence-electron chi connectivity index (χ4n) is 7.87. The highest BCUT2D eigenvalue weighted by atomic mass is 35.5. The second-order valence-corrected chi connectivity index (χ2v) is 14.8. The summed E-state index contributed by atoms with van der Waals surface area (Å²) in [5.41, 5.74) is 6.16. The van der Waals surface area contributed by atoms with Crippen LogP contribution in [0.15, 0.2) is 60.7 Å². The minimum absolute atomic E-state index is 0.127. The number of carboxylic acid groups (broad SMARTS) is 1. The number of halogens is 2. The lowest BCUT2D eigenvalue weighted by atomic mass is 9.72. The summed E-state index contributed by atoms with van der Waals surface area (Å²) in [5.74, 6) is 0.371. The molecule has 3 heterocycles. The zero-order chi connectivity index (χ0) is 38.2. The van der Waals surface area contributed by atoms with Gasteiger partial charge in [-0.05, 0) is 100.0 Å². The molecule has 1 unspecified atom stereocenters. The summed E-state index contributed by atoms with van der Waals surface area (Å²) in [4.78, 5) is 42.7. The highest BCUT2D eigenvalue weighted by Crippen LogP contribution is 2.43. The Morgan fingerprint density at radius 2 is 1.40 bits per heavy atom. The van der Waals surface area contributed by atoms with Gasteiger partial charge in [0.25, 0.3) is 5.91 Å². The number of amides is 3. The van der Waals surface area contributed by atoms with Crippen LogP contribution in [0.2, 0.25) is 10.0 Å². The van der Waals surface area contributed by atoms with Crippen molar-refractivity contribution in [2.24, 2.45) is 5.73 Å². The molecule has 11 nitrogen and oxygen atoms in total. The second-order valence-electron chi connectivity index (χ2n) is 14.0. The molecule has 0 spiro atoms. The number of rotatable bonds is 10. The Kier molecular flexibility index (Phi) is 13.4. The van der Waals surface area contributed by atoms with Crippen LogP contribution in [0, 0.1) is 0 Å². The molecule has 0 saturated carbocycles. The number of carboxylic acids is 1. The average molecular weight is 770 g/mol. The molecule has 3 N–H and O–H groups in total. The van der Waals surface area contributed by atoms with Crippen molar-refractivity contribution < 1.29 is 33.7 Å². The average Bonchev–Trinajstić information content (AvgIpc) is 3.63. The van der Waals surface area contributed by atoms with Crippen molar-refractivity contribution in [3.05, 3.63) is 87.4 Å². The van der Waals surface area contributed by atoms with Crippen molar-refractivity contribution in [3.63, 3.8) is 0 Å². The first-order chi connectivity index (χ1) is 25.5. The van der Waals surface area contributed by atoms with Crippen LogP contribution in [0.5, 0.6) is 17.2 Å². The number of piperidine rings is 2.